The SMILES string of the molecule is CC(N)c1ccc(C(=O)NCCc2c[nH]c3ccccc23)o1. The van der Waals surface area contributed by atoms with Gasteiger partial charge in [-0.2, -0.15) is 0 Å². The number of amides is 1. The second kappa shape index (κ2) is 6.07. The van der Waals surface area contributed by atoms with E-state index < -0.39 is 0 Å². The highest BCUT2D eigenvalue weighted by molar-refractivity contribution is 5.91. The third-order valence-electron chi connectivity index (χ3n) is 3.65. The van der Waals surface area contributed by atoms with E-state index in [-0.39, 0.29) is 11.9 Å². The van der Waals surface area contributed by atoms with E-state index in [2.05, 4.69) is 16.4 Å². The van der Waals surface area contributed by atoms with Gasteiger partial charge in [0.25, 0.3) is 5.91 Å². The highest BCUT2D eigenvalue weighted by Crippen LogP contribution is 2.18. The van der Waals surface area contributed by atoms with Gasteiger partial charge in [-0.3, -0.25) is 4.79 Å². The van der Waals surface area contributed by atoms with Gasteiger partial charge in [-0.1, -0.05) is 18.2 Å². The summed E-state index contributed by atoms with van der Waals surface area (Å²) in [6.45, 7) is 2.37. The Bertz CT molecular complexity index is 786. The Morgan fingerprint density at radius 2 is 2.14 bits per heavy atom. The maximum absolute atomic E-state index is 12.0. The van der Waals surface area contributed by atoms with Gasteiger partial charge in [-0.05, 0) is 37.1 Å². The zero-order valence-corrected chi connectivity index (χ0v) is 12.4. The van der Waals surface area contributed by atoms with E-state index in [1.54, 1.807) is 12.1 Å². The number of carbonyl (C=O) groups is 1. The molecule has 2 heterocycles. The van der Waals surface area contributed by atoms with Crippen molar-refractivity contribution in [2.45, 2.75) is 19.4 Å². The largest absolute Gasteiger partial charge is 0.454 e. The minimum Gasteiger partial charge on any atom is -0.454 e. The van der Waals surface area contributed by atoms with Crippen LogP contribution in [0.2, 0.25) is 0 Å². The number of H-pyrrole nitrogens is 1. The standard InChI is InChI=1S/C17H19N3O2/c1-11(18)15-6-7-16(22-15)17(21)19-9-8-12-10-20-14-5-3-2-4-13(12)14/h2-7,10-11,20H,8-9,18H2,1H3,(H,19,21). The molecule has 0 saturated heterocycles. The molecule has 22 heavy (non-hydrogen) atoms. The summed E-state index contributed by atoms with van der Waals surface area (Å²) < 4.78 is 5.42. The molecule has 1 atom stereocenters. The van der Waals surface area contributed by atoms with Crippen LogP contribution in [0.5, 0.6) is 0 Å². The van der Waals surface area contributed by atoms with Crippen molar-refractivity contribution in [1.82, 2.24) is 10.3 Å². The van der Waals surface area contributed by atoms with Crippen molar-refractivity contribution < 1.29 is 9.21 Å². The predicted molar refractivity (Wildman–Crippen MR) is 85.6 cm³/mol. The molecule has 3 aromatic rings. The molecular weight excluding hydrogens is 278 g/mol. The highest BCUT2D eigenvalue weighted by Gasteiger charge is 2.12. The van der Waals surface area contributed by atoms with Crippen LogP contribution in [0, 0.1) is 0 Å². The van der Waals surface area contributed by atoms with Crippen LogP contribution in [0.25, 0.3) is 10.9 Å². The number of hydrogen-bond acceptors (Lipinski definition) is 3. The van der Waals surface area contributed by atoms with Crippen LogP contribution in [0.4, 0.5) is 0 Å². The molecule has 0 radical (unpaired) electrons. The van der Waals surface area contributed by atoms with E-state index in [4.69, 9.17) is 10.2 Å². The van der Waals surface area contributed by atoms with Gasteiger partial charge in [-0.25, -0.2) is 0 Å². The second-order valence-electron chi connectivity index (χ2n) is 5.36. The number of aromatic amines is 1. The maximum atomic E-state index is 12.0. The first kappa shape index (κ1) is 14.4. The van der Waals surface area contributed by atoms with Crippen molar-refractivity contribution in [2.24, 2.45) is 5.73 Å². The van der Waals surface area contributed by atoms with Crippen LogP contribution < -0.4 is 11.1 Å². The van der Waals surface area contributed by atoms with E-state index >= 15 is 0 Å². The molecule has 1 unspecified atom stereocenters. The molecule has 3 rings (SSSR count). The topological polar surface area (TPSA) is 84.0 Å². The lowest BCUT2D eigenvalue weighted by molar-refractivity contribution is 0.0924. The van der Waals surface area contributed by atoms with Crippen LogP contribution in [0.3, 0.4) is 0 Å². The highest BCUT2D eigenvalue weighted by atomic mass is 16.4. The van der Waals surface area contributed by atoms with Gasteiger partial charge < -0.3 is 20.5 Å². The fourth-order valence-corrected chi connectivity index (χ4v) is 2.46. The number of carbonyl (C=O) groups excluding carboxylic acids is 1. The van der Waals surface area contributed by atoms with Crippen LogP contribution >= 0.6 is 0 Å². The zero-order chi connectivity index (χ0) is 15.5. The summed E-state index contributed by atoms with van der Waals surface area (Å²) in [5.41, 5.74) is 8.01. The first-order valence-corrected chi connectivity index (χ1v) is 7.33. The molecule has 5 nitrogen and oxygen atoms in total. The minimum absolute atomic E-state index is 0.215. The van der Waals surface area contributed by atoms with Crippen molar-refractivity contribution in [3.05, 3.63) is 59.7 Å². The summed E-state index contributed by atoms with van der Waals surface area (Å²) in [6, 6.07) is 11.3. The monoisotopic (exact) mass is 297 g/mol. The lowest BCUT2D eigenvalue weighted by Gasteiger charge is -2.03. The van der Waals surface area contributed by atoms with Crippen LogP contribution in [0.15, 0.2) is 47.0 Å². The van der Waals surface area contributed by atoms with E-state index in [0.29, 0.717) is 18.1 Å². The normalized spacial score (nSPS) is 12.5. The first-order valence-electron chi connectivity index (χ1n) is 7.33. The van der Waals surface area contributed by atoms with Gasteiger partial charge in [0.05, 0.1) is 6.04 Å². The van der Waals surface area contributed by atoms with Crippen molar-refractivity contribution in [3.8, 4) is 0 Å². The number of rotatable bonds is 5. The Hall–Kier alpha value is -2.53. The van der Waals surface area contributed by atoms with Gasteiger partial charge >= 0.3 is 0 Å². The van der Waals surface area contributed by atoms with E-state index in [1.165, 1.54) is 10.9 Å². The number of fused-ring (bicyclic) bond motifs is 1. The summed E-state index contributed by atoms with van der Waals surface area (Å²) in [6.07, 6.45) is 2.74. The molecule has 0 aliphatic rings. The predicted octanol–water partition coefficient (Wildman–Crippen LogP) is 2.75. The van der Waals surface area contributed by atoms with Gasteiger partial charge in [-0.15, -0.1) is 0 Å². The molecule has 114 valence electrons. The average molecular weight is 297 g/mol. The smallest absolute Gasteiger partial charge is 0.287 e. The molecule has 0 aliphatic carbocycles. The Morgan fingerprint density at radius 1 is 1.32 bits per heavy atom. The molecule has 4 N–H and O–H groups in total. The van der Waals surface area contributed by atoms with E-state index in [1.807, 2.05) is 31.3 Å². The molecule has 0 bridgehead atoms. The number of aromatic nitrogens is 1. The summed E-state index contributed by atoms with van der Waals surface area (Å²) in [4.78, 5) is 15.2. The molecule has 0 aliphatic heterocycles. The number of para-hydroxylation sites is 1. The number of benzene rings is 1. The quantitative estimate of drug-likeness (QED) is 0.677. The van der Waals surface area contributed by atoms with Gasteiger partial charge in [0.15, 0.2) is 5.76 Å². The van der Waals surface area contributed by atoms with Crippen LogP contribution in [0.1, 0.15) is 34.8 Å². The summed E-state index contributed by atoms with van der Waals surface area (Å²) in [5, 5.41) is 4.06. The van der Waals surface area contributed by atoms with Crippen molar-refractivity contribution in [1.29, 1.82) is 0 Å². The van der Waals surface area contributed by atoms with Crippen molar-refractivity contribution in [3.63, 3.8) is 0 Å². The molecule has 5 heteroatoms. The minimum atomic E-state index is -0.216. The molecule has 1 aromatic carbocycles. The Kier molecular flexibility index (Phi) is 3.98. The summed E-state index contributed by atoms with van der Waals surface area (Å²) >= 11 is 0. The Morgan fingerprint density at radius 3 is 2.91 bits per heavy atom. The maximum Gasteiger partial charge on any atom is 0.287 e. The third-order valence-corrected chi connectivity index (χ3v) is 3.65. The lowest BCUT2D eigenvalue weighted by Crippen LogP contribution is -2.25. The molecule has 0 fully saturated rings. The molecule has 1 amide bonds. The molecular formula is C17H19N3O2. The van der Waals surface area contributed by atoms with Crippen molar-refractivity contribution in [2.75, 3.05) is 6.54 Å². The molecule has 2 aromatic heterocycles. The fraction of sp³-hybridized carbons (Fsp3) is 0.235. The summed E-state index contributed by atoms with van der Waals surface area (Å²) in [5.74, 6) is 0.694. The molecule has 0 spiro atoms. The third kappa shape index (κ3) is 2.89. The van der Waals surface area contributed by atoms with Gasteiger partial charge in [0.2, 0.25) is 0 Å². The molecule has 0 saturated carbocycles. The fourth-order valence-electron chi connectivity index (χ4n) is 2.46. The van der Waals surface area contributed by atoms with Crippen molar-refractivity contribution >= 4 is 16.8 Å². The first-order chi connectivity index (χ1) is 10.6. The Balaban J connectivity index is 1.59. The Labute approximate surface area is 128 Å². The second-order valence-corrected chi connectivity index (χ2v) is 5.36. The van der Waals surface area contributed by atoms with Crippen LogP contribution in [-0.2, 0) is 6.42 Å². The van der Waals surface area contributed by atoms with E-state index in [9.17, 15) is 4.79 Å². The number of nitrogens with one attached hydrogen (secondary N) is 2. The zero-order valence-electron chi connectivity index (χ0n) is 12.4. The van der Waals surface area contributed by atoms with Crippen LogP contribution in [-0.4, -0.2) is 17.4 Å². The number of hydrogen-bond donors (Lipinski definition) is 3. The van der Waals surface area contributed by atoms with Gasteiger partial charge in [0, 0.05) is 23.6 Å². The summed E-state index contributed by atoms with van der Waals surface area (Å²) in [7, 11) is 0. The number of nitrogens with two attached hydrogens (primary N) is 1. The van der Waals surface area contributed by atoms with Gasteiger partial charge in [0.1, 0.15) is 5.76 Å². The average Bonchev–Trinajstić information content (AvgIpc) is 3.14. The lowest BCUT2D eigenvalue weighted by atomic mass is 10.1. The van der Waals surface area contributed by atoms with E-state index in [0.717, 1.165) is 11.9 Å². The number of furan rings is 1.